The van der Waals surface area contributed by atoms with E-state index in [1.165, 1.54) is 18.2 Å². The Balaban J connectivity index is 2.38. The zero-order valence-electron chi connectivity index (χ0n) is 13.2. The molecular weight excluding hydrogens is 295 g/mol. The first-order valence-electron chi connectivity index (χ1n) is 7.45. The molecule has 0 saturated heterocycles. The predicted molar refractivity (Wildman–Crippen MR) is 88.9 cm³/mol. The van der Waals surface area contributed by atoms with Crippen molar-refractivity contribution in [3.8, 4) is 5.75 Å². The molecule has 2 aromatic carbocycles. The molecule has 2 rings (SSSR count). The summed E-state index contributed by atoms with van der Waals surface area (Å²) in [6.45, 7) is 4.49. The highest BCUT2D eigenvalue weighted by molar-refractivity contribution is 6.21. The Morgan fingerprint density at radius 1 is 1.22 bits per heavy atom. The average Bonchev–Trinajstić information content (AvgIpc) is 2.53. The van der Waals surface area contributed by atoms with E-state index in [0.29, 0.717) is 17.7 Å². The van der Waals surface area contributed by atoms with Gasteiger partial charge in [-0.2, -0.15) is 0 Å². The first-order valence-corrected chi connectivity index (χ1v) is 7.45. The Bertz CT molecular complexity index is 718. The lowest BCUT2D eigenvalue weighted by Gasteiger charge is -2.10. The number of ether oxygens (including phenoxy) is 1. The van der Waals surface area contributed by atoms with Crippen LogP contribution < -0.4 is 4.74 Å². The van der Waals surface area contributed by atoms with Gasteiger partial charge < -0.3 is 9.84 Å². The maximum absolute atomic E-state index is 13.0. The first kappa shape index (κ1) is 16.7. The lowest BCUT2D eigenvalue weighted by atomic mass is 9.98. The summed E-state index contributed by atoms with van der Waals surface area (Å²) in [5, 5.41) is 9.50. The molecular formula is C19H19FO3. The van der Waals surface area contributed by atoms with Crippen LogP contribution in [-0.2, 0) is 4.79 Å². The molecule has 0 radical (unpaired) electrons. The van der Waals surface area contributed by atoms with Crippen LogP contribution in [0, 0.1) is 12.7 Å². The largest absolute Gasteiger partial charge is 0.494 e. The van der Waals surface area contributed by atoms with E-state index in [-0.39, 0.29) is 11.4 Å². The van der Waals surface area contributed by atoms with E-state index >= 15 is 0 Å². The third kappa shape index (κ3) is 4.42. The third-order valence-corrected chi connectivity index (χ3v) is 3.37. The van der Waals surface area contributed by atoms with Crippen molar-refractivity contribution in [1.82, 2.24) is 0 Å². The predicted octanol–water partition coefficient (Wildman–Crippen LogP) is 4.55. The molecule has 0 aliphatic rings. The van der Waals surface area contributed by atoms with Gasteiger partial charge in [-0.3, -0.25) is 0 Å². The van der Waals surface area contributed by atoms with E-state index in [1.807, 2.05) is 19.9 Å². The number of halogens is 1. The van der Waals surface area contributed by atoms with Gasteiger partial charge in [0.1, 0.15) is 11.6 Å². The summed E-state index contributed by atoms with van der Waals surface area (Å²) in [4.78, 5) is 11.6. The Kier molecular flexibility index (Phi) is 5.52. The van der Waals surface area contributed by atoms with Gasteiger partial charge in [-0.1, -0.05) is 25.1 Å². The standard InChI is InChI=1S/C19H19FO3/c1-3-10-23-16-8-9-17(13(2)11-16)18(19(21)22)12-14-4-6-15(20)7-5-14/h4-9,11-12H,3,10H2,1-2H3,(H,21,22)/b18-12-. The number of hydrogen-bond acceptors (Lipinski definition) is 2. The molecule has 23 heavy (non-hydrogen) atoms. The lowest BCUT2D eigenvalue weighted by Crippen LogP contribution is -2.02. The van der Waals surface area contributed by atoms with Gasteiger partial charge in [0.2, 0.25) is 0 Å². The van der Waals surface area contributed by atoms with Crippen LogP contribution in [0.4, 0.5) is 4.39 Å². The zero-order chi connectivity index (χ0) is 16.8. The Morgan fingerprint density at radius 2 is 1.91 bits per heavy atom. The second kappa shape index (κ2) is 7.58. The molecule has 0 aliphatic heterocycles. The Labute approximate surface area is 135 Å². The van der Waals surface area contributed by atoms with Gasteiger partial charge in [-0.25, -0.2) is 9.18 Å². The van der Waals surface area contributed by atoms with Crippen LogP contribution in [0.5, 0.6) is 5.75 Å². The molecule has 0 atom stereocenters. The van der Waals surface area contributed by atoms with Crippen LogP contribution in [-0.4, -0.2) is 17.7 Å². The Morgan fingerprint density at radius 3 is 2.48 bits per heavy atom. The van der Waals surface area contributed by atoms with Crippen LogP contribution in [0.3, 0.4) is 0 Å². The highest BCUT2D eigenvalue weighted by atomic mass is 19.1. The molecule has 0 spiro atoms. The quantitative estimate of drug-likeness (QED) is 0.628. The summed E-state index contributed by atoms with van der Waals surface area (Å²) in [5.74, 6) is -0.660. The molecule has 0 saturated carbocycles. The second-order valence-corrected chi connectivity index (χ2v) is 5.24. The minimum Gasteiger partial charge on any atom is -0.494 e. The van der Waals surface area contributed by atoms with Crippen molar-refractivity contribution in [2.24, 2.45) is 0 Å². The summed E-state index contributed by atoms with van der Waals surface area (Å²) >= 11 is 0. The number of carboxylic acid groups (broad SMARTS) is 1. The van der Waals surface area contributed by atoms with E-state index in [0.717, 1.165) is 17.7 Å². The number of aryl methyl sites for hydroxylation is 1. The van der Waals surface area contributed by atoms with Crippen LogP contribution in [0.1, 0.15) is 30.0 Å². The van der Waals surface area contributed by atoms with Crippen LogP contribution in [0.25, 0.3) is 11.6 Å². The van der Waals surface area contributed by atoms with Crippen molar-refractivity contribution in [2.75, 3.05) is 6.61 Å². The normalized spacial score (nSPS) is 11.3. The van der Waals surface area contributed by atoms with E-state index in [2.05, 4.69) is 0 Å². The molecule has 2 aromatic rings. The molecule has 1 N–H and O–H groups in total. The minimum atomic E-state index is -1.03. The molecule has 0 bridgehead atoms. The molecule has 4 heteroatoms. The number of rotatable bonds is 6. The van der Waals surface area contributed by atoms with Crippen molar-refractivity contribution in [3.63, 3.8) is 0 Å². The topological polar surface area (TPSA) is 46.5 Å². The smallest absolute Gasteiger partial charge is 0.336 e. The fourth-order valence-corrected chi connectivity index (χ4v) is 2.23. The number of benzene rings is 2. The van der Waals surface area contributed by atoms with Crippen molar-refractivity contribution < 1.29 is 19.0 Å². The molecule has 3 nitrogen and oxygen atoms in total. The summed E-state index contributed by atoms with van der Waals surface area (Å²) in [6.07, 6.45) is 2.45. The third-order valence-electron chi connectivity index (χ3n) is 3.37. The van der Waals surface area contributed by atoms with Crippen molar-refractivity contribution in [3.05, 3.63) is 65.0 Å². The van der Waals surface area contributed by atoms with Crippen LogP contribution >= 0.6 is 0 Å². The Hall–Kier alpha value is -2.62. The molecule has 0 unspecified atom stereocenters. The van der Waals surface area contributed by atoms with Gasteiger partial charge in [-0.15, -0.1) is 0 Å². The first-order chi connectivity index (χ1) is 11.0. The minimum absolute atomic E-state index is 0.163. The highest BCUT2D eigenvalue weighted by Crippen LogP contribution is 2.26. The van der Waals surface area contributed by atoms with Crippen molar-refractivity contribution >= 4 is 17.6 Å². The molecule has 0 aromatic heterocycles. The van der Waals surface area contributed by atoms with Gasteiger partial charge in [0.25, 0.3) is 0 Å². The van der Waals surface area contributed by atoms with E-state index in [9.17, 15) is 14.3 Å². The van der Waals surface area contributed by atoms with E-state index in [1.54, 1.807) is 24.3 Å². The zero-order valence-corrected chi connectivity index (χ0v) is 13.2. The molecule has 0 amide bonds. The number of carboxylic acids is 1. The number of aliphatic carboxylic acids is 1. The SMILES string of the molecule is CCCOc1ccc(/C(=C/c2ccc(F)cc2)C(=O)O)c(C)c1. The summed E-state index contributed by atoms with van der Waals surface area (Å²) < 4.78 is 18.5. The van der Waals surface area contributed by atoms with Gasteiger partial charge in [-0.05, 0) is 60.4 Å². The number of hydrogen-bond donors (Lipinski definition) is 1. The molecule has 120 valence electrons. The highest BCUT2D eigenvalue weighted by Gasteiger charge is 2.13. The summed E-state index contributed by atoms with van der Waals surface area (Å²) in [5.41, 5.74) is 2.23. The van der Waals surface area contributed by atoms with Crippen LogP contribution in [0.2, 0.25) is 0 Å². The maximum Gasteiger partial charge on any atom is 0.336 e. The maximum atomic E-state index is 13.0. The van der Waals surface area contributed by atoms with Gasteiger partial charge >= 0.3 is 5.97 Å². The molecule has 0 heterocycles. The monoisotopic (exact) mass is 314 g/mol. The summed E-state index contributed by atoms with van der Waals surface area (Å²) in [6, 6.07) is 11.0. The fourth-order valence-electron chi connectivity index (χ4n) is 2.23. The van der Waals surface area contributed by atoms with E-state index in [4.69, 9.17) is 4.74 Å². The number of carbonyl (C=O) groups is 1. The van der Waals surface area contributed by atoms with Gasteiger partial charge in [0.05, 0.1) is 12.2 Å². The van der Waals surface area contributed by atoms with Gasteiger partial charge in [0.15, 0.2) is 0 Å². The fraction of sp³-hybridized carbons (Fsp3) is 0.211. The average molecular weight is 314 g/mol. The molecule has 0 aliphatic carbocycles. The van der Waals surface area contributed by atoms with Crippen molar-refractivity contribution in [1.29, 1.82) is 0 Å². The lowest BCUT2D eigenvalue weighted by molar-refractivity contribution is -0.130. The van der Waals surface area contributed by atoms with E-state index < -0.39 is 5.97 Å². The molecule has 0 fully saturated rings. The second-order valence-electron chi connectivity index (χ2n) is 5.24. The van der Waals surface area contributed by atoms with Crippen molar-refractivity contribution in [2.45, 2.75) is 20.3 Å². The van der Waals surface area contributed by atoms with Crippen LogP contribution in [0.15, 0.2) is 42.5 Å². The van der Waals surface area contributed by atoms with Gasteiger partial charge in [0, 0.05) is 0 Å². The summed E-state index contributed by atoms with van der Waals surface area (Å²) in [7, 11) is 0.